The van der Waals surface area contributed by atoms with Gasteiger partial charge in [0, 0.05) is 27.9 Å². The van der Waals surface area contributed by atoms with E-state index in [1.54, 1.807) is 54.6 Å². The first kappa shape index (κ1) is 41.5. The van der Waals surface area contributed by atoms with E-state index in [0.717, 1.165) is 20.8 Å². The van der Waals surface area contributed by atoms with E-state index in [9.17, 15) is 28.8 Å². The summed E-state index contributed by atoms with van der Waals surface area (Å²) in [5.41, 5.74) is 0.426. The van der Waals surface area contributed by atoms with E-state index in [1.807, 2.05) is 0 Å². The number of benzene rings is 3. The van der Waals surface area contributed by atoms with Crippen molar-refractivity contribution in [1.29, 1.82) is 0 Å². The van der Waals surface area contributed by atoms with Crippen molar-refractivity contribution in [1.82, 2.24) is 0 Å². The van der Waals surface area contributed by atoms with Gasteiger partial charge in [0.2, 0.25) is 0 Å². The monoisotopic (exact) mass is 778 g/mol. The normalized spacial score (nSPS) is 27.2. The Balaban J connectivity index is 1.53. The molecule has 3 aromatic carbocycles. The molecule has 2 saturated heterocycles. The number of carbonyl (C=O) groups excluding carboxylic acids is 6. The number of carbonyl (C=O) groups is 6. The molecule has 0 aliphatic carbocycles. The quantitative estimate of drug-likeness (QED) is 0.180. The summed E-state index contributed by atoms with van der Waals surface area (Å²) in [5.74, 6) is -4.83. The van der Waals surface area contributed by atoms with Crippen LogP contribution in [0.4, 0.5) is 0 Å². The molecule has 16 nitrogen and oxygen atoms in total. The van der Waals surface area contributed by atoms with Crippen molar-refractivity contribution in [2.45, 2.75) is 89.1 Å². The number of hydrogen-bond acceptors (Lipinski definition) is 16. The van der Waals surface area contributed by atoms with E-state index in [-0.39, 0.29) is 16.7 Å². The standard InChI is InChI=1S/C40H42O16/c1-22-30(50-23(2)41)32(51-24(3)42)35(52-25(4)43)40(49-22)48-21-29-31(54-36(44)26-15-9-6-10-16-26)33(55-37(45)27-17-11-7-12-18-27)34(39(47-5)53-29)56-38(46)28-19-13-8-14-20-28/h6-20,22,29-35,39-40H,21H2,1-5H3/t22-,29+,30-,31+,32+,33-,34+,35+,39-,40+/m0/s1. The van der Waals surface area contributed by atoms with Crippen LogP contribution < -0.4 is 0 Å². The number of ether oxygens (including phenoxy) is 10. The highest BCUT2D eigenvalue weighted by molar-refractivity contribution is 5.91. The van der Waals surface area contributed by atoms with Crippen molar-refractivity contribution in [2.24, 2.45) is 0 Å². The van der Waals surface area contributed by atoms with Crippen LogP contribution >= 0.6 is 0 Å². The van der Waals surface area contributed by atoms with Gasteiger partial charge in [-0.25, -0.2) is 14.4 Å². The Kier molecular flexibility index (Phi) is 14.3. The highest BCUT2D eigenvalue weighted by Gasteiger charge is 2.55. The van der Waals surface area contributed by atoms with Crippen LogP contribution in [0.15, 0.2) is 91.0 Å². The average Bonchev–Trinajstić information content (AvgIpc) is 3.18. The minimum absolute atomic E-state index is 0.132. The first-order valence-electron chi connectivity index (χ1n) is 17.6. The maximum absolute atomic E-state index is 13.7. The maximum Gasteiger partial charge on any atom is 0.338 e. The van der Waals surface area contributed by atoms with Gasteiger partial charge in [-0.05, 0) is 43.3 Å². The van der Waals surface area contributed by atoms with Crippen molar-refractivity contribution in [3.05, 3.63) is 108 Å². The van der Waals surface area contributed by atoms with E-state index in [2.05, 4.69) is 0 Å². The number of esters is 6. The second-order valence-corrected chi connectivity index (χ2v) is 12.8. The first-order valence-corrected chi connectivity index (χ1v) is 17.6. The van der Waals surface area contributed by atoms with Gasteiger partial charge in [-0.1, -0.05) is 54.6 Å². The molecule has 2 aliphatic heterocycles. The predicted octanol–water partition coefficient (Wildman–Crippen LogP) is 3.59. The molecule has 0 radical (unpaired) electrons. The van der Waals surface area contributed by atoms with Gasteiger partial charge in [-0.15, -0.1) is 0 Å². The molecular formula is C40H42O16. The highest BCUT2D eigenvalue weighted by Crippen LogP contribution is 2.34. The lowest BCUT2D eigenvalue weighted by molar-refractivity contribution is -0.325. The van der Waals surface area contributed by atoms with Gasteiger partial charge in [-0.3, -0.25) is 14.4 Å². The maximum atomic E-state index is 13.7. The van der Waals surface area contributed by atoms with E-state index in [0.29, 0.717) is 0 Å². The van der Waals surface area contributed by atoms with Crippen molar-refractivity contribution >= 4 is 35.8 Å². The third kappa shape index (κ3) is 10.5. The molecule has 0 unspecified atom stereocenters. The van der Waals surface area contributed by atoms with Crippen LogP contribution in [-0.4, -0.2) is 111 Å². The van der Waals surface area contributed by atoms with Crippen molar-refractivity contribution < 1.29 is 76.1 Å². The largest absolute Gasteiger partial charge is 0.456 e. The molecule has 0 saturated carbocycles. The molecule has 2 fully saturated rings. The zero-order valence-electron chi connectivity index (χ0n) is 31.2. The lowest BCUT2D eigenvalue weighted by Crippen LogP contribution is -2.64. The van der Waals surface area contributed by atoms with E-state index >= 15 is 0 Å². The predicted molar refractivity (Wildman–Crippen MR) is 190 cm³/mol. The summed E-state index contributed by atoms with van der Waals surface area (Å²) in [4.78, 5) is 77.3. The molecule has 3 aromatic rings. The first-order chi connectivity index (χ1) is 26.9. The Hall–Kier alpha value is -5.68. The molecule has 0 bridgehead atoms. The highest BCUT2D eigenvalue weighted by atomic mass is 16.8. The van der Waals surface area contributed by atoms with Crippen molar-refractivity contribution in [3.8, 4) is 0 Å². The van der Waals surface area contributed by atoms with Crippen LogP contribution in [0.2, 0.25) is 0 Å². The van der Waals surface area contributed by atoms with Crippen LogP contribution in [0.1, 0.15) is 58.8 Å². The molecular weight excluding hydrogens is 736 g/mol. The second kappa shape index (κ2) is 19.3. The van der Waals surface area contributed by atoms with Gasteiger partial charge in [0.25, 0.3) is 0 Å². The summed E-state index contributed by atoms with van der Waals surface area (Å²) in [6.07, 6.45) is -13.9. The molecule has 0 spiro atoms. The van der Waals surface area contributed by atoms with Gasteiger partial charge < -0.3 is 47.4 Å². The Morgan fingerprint density at radius 3 is 1.30 bits per heavy atom. The molecule has 298 valence electrons. The van der Waals surface area contributed by atoms with Crippen LogP contribution in [0, 0.1) is 0 Å². The van der Waals surface area contributed by atoms with Gasteiger partial charge in [-0.2, -0.15) is 0 Å². The third-order valence-corrected chi connectivity index (χ3v) is 8.64. The summed E-state index contributed by atoms with van der Waals surface area (Å²) in [6.45, 7) is 4.37. The summed E-state index contributed by atoms with van der Waals surface area (Å²) < 4.78 is 58.3. The van der Waals surface area contributed by atoms with Crippen LogP contribution in [0.25, 0.3) is 0 Å². The molecule has 0 amide bonds. The van der Waals surface area contributed by atoms with Crippen molar-refractivity contribution in [3.63, 3.8) is 0 Å². The molecule has 0 N–H and O–H groups in total. The fraction of sp³-hybridized carbons (Fsp3) is 0.400. The fourth-order valence-corrected chi connectivity index (χ4v) is 6.20. The van der Waals surface area contributed by atoms with Gasteiger partial charge in [0.15, 0.2) is 49.2 Å². The summed E-state index contributed by atoms with van der Waals surface area (Å²) >= 11 is 0. The number of methoxy groups -OCH3 is 1. The lowest BCUT2D eigenvalue weighted by Gasteiger charge is -2.46. The average molecular weight is 779 g/mol. The zero-order valence-corrected chi connectivity index (χ0v) is 31.2. The van der Waals surface area contributed by atoms with E-state index in [4.69, 9.17) is 47.4 Å². The Morgan fingerprint density at radius 1 is 0.482 bits per heavy atom. The number of hydrogen-bond donors (Lipinski definition) is 0. The lowest BCUT2D eigenvalue weighted by atomic mass is 9.97. The van der Waals surface area contributed by atoms with Crippen LogP contribution in [0.5, 0.6) is 0 Å². The molecule has 0 aromatic heterocycles. The molecule has 5 rings (SSSR count). The SMILES string of the molecule is CO[C@H]1O[C@H](CO[C@@H]2O[C@@H](C)[C@H](OC(C)=O)[C@@H](OC(C)=O)[C@H]2OC(C)=O)[C@@H](OC(=O)c2ccccc2)[C@H](OC(=O)c2ccccc2)[C@H]1OC(=O)c1ccccc1. The minimum Gasteiger partial charge on any atom is -0.456 e. The minimum atomic E-state index is -1.58. The van der Waals surface area contributed by atoms with Crippen LogP contribution in [0.3, 0.4) is 0 Å². The third-order valence-electron chi connectivity index (χ3n) is 8.64. The number of rotatable bonds is 13. The molecule has 10 atom stereocenters. The topological polar surface area (TPSA) is 195 Å². The summed E-state index contributed by atoms with van der Waals surface area (Å²) in [6, 6.07) is 23.9. The van der Waals surface area contributed by atoms with Gasteiger partial charge >= 0.3 is 35.8 Å². The fourth-order valence-electron chi connectivity index (χ4n) is 6.20. The molecule has 2 heterocycles. The molecule has 2 aliphatic rings. The summed E-state index contributed by atoms with van der Waals surface area (Å²) in [7, 11) is 1.26. The van der Waals surface area contributed by atoms with E-state index in [1.165, 1.54) is 50.4 Å². The van der Waals surface area contributed by atoms with Gasteiger partial charge in [0.05, 0.1) is 29.4 Å². The van der Waals surface area contributed by atoms with Crippen LogP contribution in [-0.2, 0) is 61.8 Å². The Bertz CT molecular complexity index is 1820. The van der Waals surface area contributed by atoms with Gasteiger partial charge in [0.1, 0.15) is 6.10 Å². The Labute approximate surface area is 322 Å². The smallest absolute Gasteiger partial charge is 0.338 e. The zero-order chi connectivity index (χ0) is 40.4. The van der Waals surface area contributed by atoms with E-state index < -0.39 is 104 Å². The molecule has 16 heteroatoms. The Morgan fingerprint density at radius 2 is 0.857 bits per heavy atom. The second-order valence-electron chi connectivity index (χ2n) is 12.8. The summed E-state index contributed by atoms with van der Waals surface area (Å²) in [5, 5.41) is 0. The van der Waals surface area contributed by atoms with Crippen molar-refractivity contribution in [2.75, 3.05) is 13.7 Å². The molecule has 56 heavy (non-hydrogen) atoms.